The first kappa shape index (κ1) is 14.1. The Kier molecular flexibility index (Phi) is 4.38. The number of phenolic OH excluding ortho intramolecular Hbond substituents is 1. The lowest BCUT2D eigenvalue weighted by Gasteiger charge is -2.32. The Morgan fingerprint density at radius 1 is 1.25 bits per heavy atom. The summed E-state index contributed by atoms with van der Waals surface area (Å²) in [7, 11) is 2.01. The predicted molar refractivity (Wildman–Crippen MR) is 75.8 cm³/mol. The Morgan fingerprint density at radius 2 is 1.85 bits per heavy atom. The molecule has 0 radical (unpaired) electrons. The summed E-state index contributed by atoms with van der Waals surface area (Å²) in [5.74, 6) is -0.0697. The van der Waals surface area contributed by atoms with Crippen LogP contribution >= 0.6 is 0 Å². The largest absolute Gasteiger partial charge is 0.508 e. The molecule has 1 fully saturated rings. The van der Waals surface area contributed by atoms with E-state index < -0.39 is 0 Å². The van der Waals surface area contributed by atoms with Crippen molar-refractivity contribution in [2.24, 2.45) is 0 Å². The Morgan fingerprint density at radius 3 is 2.40 bits per heavy atom. The summed E-state index contributed by atoms with van der Waals surface area (Å²) in [6.07, 6.45) is 1.56. The summed E-state index contributed by atoms with van der Waals surface area (Å²) in [4.78, 5) is 16.1. The number of hydrogen-bond acceptors (Lipinski definition) is 4. The SMILES string of the molecule is CN1CCN(C(=O)/C(C#N)=C/c2ccc(O)cc2)CC1. The standard InChI is InChI=1S/C15H17N3O2/c1-17-6-8-18(9-7-17)15(20)13(11-16)10-12-2-4-14(19)5-3-12/h2-5,10,19H,6-9H2,1H3/b13-10+. The molecule has 1 N–H and O–H groups in total. The number of likely N-dealkylation sites (N-methyl/N-ethyl adjacent to an activating group) is 1. The second kappa shape index (κ2) is 6.22. The van der Waals surface area contributed by atoms with Crippen LogP contribution in [0.4, 0.5) is 0 Å². The number of hydrogen-bond donors (Lipinski definition) is 1. The van der Waals surface area contributed by atoms with Crippen molar-refractivity contribution in [1.82, 2.24) is 9.80 Å². The molecule has 1 saturated heterocycles. The fourth-order valence-corrected chi connectivity index (χ4v) is 2.06. The molecule has 0 atom stereocenters. The van der Waals surface area contributed by atoms with Crippen molar-refractivity contribution < 1.29 is 9.90 Å². The van der Waals surface area contributed by atoms with Crippen molar-refractivity contribution in [2.45, 2.75) is 0 Å². The normalized spacial score (nSPS) is 16.8. The van der Waals surface area contributed by atoms with Crippen molar-refractivity contribution >= 4 is 12.0 Å². The van der Waals surface area contributed by atoms with E-state index in [1.54, 1.807) is 23.1 Å². The van der Waals surface area contributed by atoms with Gasteiger partial charge < -0.3 is 14.9 Å². The van der Waals surface area contributed by atoms with Gasteiger partial charge in [0.2, 0.25) is 0 Å². The zero-order valence-electron chi connectivity index (χ0n) is 11.4. The molecule has 1 heterocycles. The number of aromatic hydroxyl groups is 1. The van der Waals surface area contributed by atoms with Crippen molar-refractivity contribution in [3.05, 3.63) is 35.4 Å². The molecule has 1 aliphatic heterocycles. The molecule has 2 rings (SSSR count). The molecule has 0 bridgehead atoms. The highest BCUT2D eigenvalue weighted by molar-refractivity contribution is 6.01. The average Bonchev–Trinajstić information content (AvgIpc) is 2.47. The Hall–Kier alpha value is -2.32. The molecule has 0 aromatic heterocycles. The lowest BCUT2D eigenvalue weighted by molar-refractivity contribution is -0.128. The number of carbonyl (C=O) groups excluding carboxylic acids is 1. The topological polar surface area (TPSA) is 67.6 Å². The van der Waals surface area contributed by atoms with E-state index in [2.05, 4.69) is 4.90 Å². The molecular formula is C15H17N3O2. The van der Waals surface area contributed by atoms with E-state index in [1.807, 2.05) is 13.1 Å². The molecule has 5 heteroatoms. The second-order valence-corrected chi connectivity index (χ2v) is 4.86. The number of nitriles is 1. The molecule has 0 unspecified atom stereocenters. The van der Waals surface area contributed by atoms with Gasteiger partial charge in [-0.25, -0.2) is 0 Å². The smallest absolute Gasteiger partial charge is 0.264 e. The van der Waals surface area contributed by atoms with Gasteiger partial charge in [-0.05, 0) is 30.8 Å². The second-order valence-electron chi connectivity index (χ2n) is 4.86. The Balaban J connectivity index is 2.13. The molecule has 0 saturated carbocycles. The minimum Gasteiger partial charge on any atom is -0.508 e. The molecule has 1 aromatic carbocycles. The van der Waals surface area contributed by atoms with E-state index in [9.17, 15) is 9.90 Å². The van der Waals surface area contributed by atoms with Gasteiger partial charge in [-0.1, -0.05) is 12.1 Å². The highest BCUT2D eigenvalue weighted by atomic mass is 16.3. The van der Waals surface area contributed by atoms with Gasteiger partial charge in [0.1, 0.15) is 17.4 Å². The zero-order chi connectivity index (χ0) is 14.5. The fourth-order valence-electron chi connectivity index (χ4n) is 2.06. The van der Waals surface area contributed by atoms with Crippen LogP contribution in [-0.4, -0.2) is 54.0 Å². The molecule has 5 nitrogen and oxygen atoms in total. The van der Waals surface area contributed by atoms with E-state index in [1.165, 1.54) is 12.1 Å². The molecule has 20 heavy (non-hydrogen) atoms. The van der Waals surface area contributed by atoms with Gasteiger partial charge in [-0.15, -0.1) is 0 Å². The predicted octanol–water partition coefficient (Wildman–Crippen LogP) is 1.07. The minimum absolute atomic E-state index is 0.125. The van der Waals surface area contributed by atoms with Crippen LogP contribution in [0.3, 0.4) is 0 Å². The number of rotatable bonds is 2. The van der Waals surface area contributed by atoms with Gasteiger partial charge in [0, 0.05) is 26.2 Å². The Bertz CT molecular complexity index is 549. The maximum Gasteiger partial charge on any atom is 0.264 e. The van der Waals surface area contributed by atoms with E-state index in [0.29, 0.717) is 13.1 Å². The van der Waals surface area contributed by atoms with Crippen LogP contribution < -0.4 is 0 Å². The maximum absolute atomic E-state index is 12.3. The van der Waals surface area contributed by atoms with Crippen molar-refractivity contribution in [1.29, 1.82) is 5.26 Å². The van der Waals surface area contributed by atoms with Gasteiger partial charge >= 0.3 is 0 Å². The number of carbonyl (C=O) groups is 1. The maximum atomic E-state index is 12.3. The van der Waals surface area contributed by atoms with Crippen LogP contribution in [0.5, 0.6) is 5.75 Å². The molecule has 0 spiro atoms. The van der Waals surface area contributed by atoms with Gasteiger partial charge in [0.25, 0.3) is 5.91 Å². The number of amides is 1. The summed E-state index contributed by atoms with van der Waals surface area (Å²) in [6.45, 7) is 2.93. The molecule has 0 aliphatic carbocycles. The first-order valence-electron chi connectivity index (χ1n) is 6.49. The van der Waals surface area contributed by atoms with Crippen molar-refractivity contribution in [3.8, 4) is 11.8 Å². The van der Waals surface area contributed by atoms with Crippen LogP contribution in [0.1, 0.15) is 5.56 Å². The lowest BCUT2D eigenvalue weighted by atomic mass is 10.1. The third kappa shape index (κ3) is 3.37. The molecule has 1 aromatic rings. The van der Waals surface area contributed by atoms with Gasteiger partial charge in [0.15, 0.2) is 0 Å². The molecule has 1 amide bonds. The summed E-state index contributed by atoms with van der Waals surface area (Å²) in [5, 5.41) is 18.4. The molecular weight excluding hydrogens is 254 g/mol. The van der Waals surface area contributed by atoms with E-state index >= 15 is 0 Å². The van der Waals surface area contributed by atoms with Crippen LogP contribution in [0, 0.1) is 11.3 Å². The number of phenols is 1. The van der Waals surface area contributed by atoms with E-state index in [4.69, 9.17) is 5.26 Å². The van der Waals surface area contributed by atoms with Crippen molar-refractivity contribution in [2.75, 3.05) is 33.2 Å². The van der Waals surface area contributed by atoms with Crippen LogP contribution in [-0.2, 0) is 4.79 Å². The average molecular weight is 271 g/mol. The number of piperazine rings is 1. The van der Waals surface area contributed by atoms with Crippen molar-refractivity contribution in [3.63, 3.8) is 0 Å². The third-order valence-corrected chi connectivity index (χ3v) is 3.35. The Labute approximate surface area is 118 Å². The number of benzene rings is 1. The highest BCUT2D eigenvalue weighted by Crippen LogP contribution is 2.14. The third-order valence-electron chi connectivity index (χ3n) is 3.35. The van der Waals surface area contributed by atoms with Gasteiger partial charge in [-0.3, -0.25) is 4.79 Å². The minimum atomic E-state index is -0.228. The molecule has 1 aliphatic rings. The van der Waals surface area contributed by atoms with Gasteiger partial charge in [-0.2, -0.15) is 5.26 Å². The monoisotopic (exact) mass is 271 g/mol. The lowest BCUT2D eigenvalue weighted by Crippen LogP contribution is -2.47. The van der Waals surface area contributed by atoms with Crippen LogP contribution in [0.2, 0.25) is 0 Å². The quantitative estimate of drug-likeness (QED) is 0.645. The van der Waals surface area contributed by atoms with E-state index in [-0.39, 0.29) is 17.2 Å². The first-order valence-corrected chi connectivity index (χ1v) is 6.49. The molecule has 104 valence electrons. The zero-order valence-corrected chi connectivity index (χ0v) is 11.4. The fraction of sp³-hybridized carbons (Fsp3) is 0.333. The summed E-state index contributed by atoms with van der Waals surface area (Å²) >= 11 is 0. The summed E-state index contributed by atoms with van der Waals surface area (Å²) in [5.41, 5.74) is 0.849. The number of nitrogens with zero attached hydrogens (tertiary/aromatic N) is 3. The van der Waals surface area contributed by atoms with Crippen LogP contribution in [0.15, 0.2) is 29.8 Å². The summed E-state index contributed by atoms with van der Waals surface area (Å²) < 4.78 is 0. The first-order chi connectivity index (χ1) is 9.60. The summed E-state index contributed by atoms with van der Waals surface area (Å²) in [6, 6.07) is 8.37. The highest BCUT2D eigenvalue weighted by Gasteiger charge is 2.21. The van der Waals surface area contributed by atoms with Gasteiger partial charge in [0.05, 0.1) is 0 Å². The van der Waals surface area contributed by atoms with Crippen LogP contribution in [0.25, 0.3) is 6.08 Å². The van der Waals surface area contributed by atoms with E-state index in [0.717, 1.165) is 18.7 Å².